The van der Waals surface area contributed by atoms with Gasteiger partial charge in [0.05, 0.1) is 11.3 Å². The third-order valence-corrected chi connectivity index (χ3v) is 4.07. The normalized spacial score (nSPS) is 10.7. The van der Waals surface area contributed by atoms with Crippen LogP contribution in [0, 0.1) is 23.3 Å². The first-order valence-corrected chi connectivity index (χ1v) is 7.88. The first kappa shape index (κ1) is 20.2. The average Bonchev–Trinajstić information content (AvgIpc) is 2.62. The van der Waals surface area contributed by atoms with Crippen LogP contribution in [-0.4, -0.2) is 35.1 Å². The Kier molecular flexibility index (Phi) is 5.72. The number of carboxylic acid groups (broad SMARTS) is 1. The molecule has 5 nitrogen and oxygen atoms in total. The zero-order valence-corrected chi connectivity index (χ0v) is 14.3. The molecule has 0 amide bonds. The van der Waals surface area contributed by atoms with Gasteiger partial charge in [0.1, 0.15) is 16.9 Å². The van der Waals surface area contributed by atoms with Crippen LogP contribution in [0.5, 0.6) is 5.75 Å². The molecular formula is C18H15F4NO4. The van der Waals surface area contributed by atoms with E-state index < -0.39 is 57.5 Å². The van der Waals surface area contributed by atoms with Crippen LogP contribution in [0.1, 0.15) is 40.1 Å². The number of aromatic carboxylic acids is 1. The van der Waals surface area contributed by atoms with Gasteiger partial charge in [0.2, 0.25) is 5.78 Å². The summed E-state index contributed by atoms with van der Waals surface area (Å²) in [6.07, 6.45) is 0. The molecule has 0 unspecified atom stereocenters. The molecule has 0 fully saturated rings. The number of carbonyl (C=O) groups is 2. The van der Waals surface area contributed by atoms with Crippen LogP contribution >= 0.6 is 0 Å². The van der Waals surface area contributed by atoms with Gasteiger partial charge in [-0.3, -0.25) is 4.79 Å². The van der Waals surface area contributed by atoms with Crippen molar-refractivity contribution in [3.8, 4) is 5.75 Å². The molecular weight excluding hydrogens is 370 g/mol. The number of para-hydroxylation sites is 1. The van der Waals surface area contributed by atoms with Crippen LogP contribution in [0.25, 0.3) is 0 Å². The Morgan fingerprint density at radius 1 is 0.926 bits per heavy atom. The van der Waals surface area contributed by atoms with E-state index in [0.717, 1.165) is 6.07 Å². The molecule has 0 aliphatic heterocycles. The summed E-state index contributed by atoms with van der Waals surface area (Å²) in [5.74, 6) is -13.1. The fourth-order valence-corrected chi connectivity index (χ4v) is 2.69. The molecule has 144 valence electrons. The zero-order valence-electron chi connectivity index (χ0n) is 14.3. The number of hydrogen-bond acceptors (Lipinski definition) is 4. The van der Waals surface area contributed by atoms with Crippen LogP contribution in [0.2, 0.25) is 0 Å². The Morgan fingerprint density at radius 2 is 1.41 bits per heavy atom. The number of ketones is 1. The Labute approximate surface area is 151 Å². The smallest absolute Gasteiger partial charge is 0.341 e. The van der Waals surface area contributed by atoms with Crippen molar-refractivity contribution in [2.45, 2.75) is 13.8 Å². The lowest BCUT2D eigenvalue weighted by Crippen LogP contribution is -2.22. The van der Waals surface area contributed by atoms with Crippen molar-refractivity contribution in [3.63, 3.8) is 0 Å². The Hall–Kier alpha value is -3.10. The summed E-state index contributed by atoms with van der Waals surface area (Å²) in [7, 11) is 0. The van der Waals surface area contributed by atoms with Gasteiger partial charge in [0.25, 0.3) is 0 Å². The van der Waals surface area contributed by atoms with Crippen LogP contribution in [0.15, 0.2) is 18.2 Å². The lowest BCUT2D eigenvalue weighted by molar-refractivity contribution is 0.0682. The third-order valence-electron chi connectivity index (χ3n) is 4.07. The van der Waals surface area contributed by atoms with Gasteiger partial charge < -0.3 is 15.1 Å². The van der Waals surface area contributed by atoms with E-state index in [-0.39, 0.29) is 5.69 Å². The van der Waals surface area contributed by atoms with Crippen molar-refractivity contribution in [1.82, 2.24) is 0 Å². The summed E-state index contributed by atoms with van der Waals surface area (Å²) in [4.78, 5) is 24.9. The molecule has 0 heterocycles. The van der Waals surface area contributed by atoms with E-state index in [9.17, 15) is 32.3 Å². The molecule has 0 aliphatic rings. The number of anilines is 1. The van der Waals surface area contributed by atoms with E-state index in [2.05, 4.69) is 0 Å². The maximum absolute atomic E-state index is 14.2. The predicted molar refractivity (Wildman–Crippen MR) is 88.3 cm³/mol. The quantitative estimate of drug-likeness (QED) is 0.450. The summed E-state index contributed by atoms with van der Waals surface area (Å²) in [5.41, 5.74) is -3.86. The first-order valence-electron chi connectivity index (χ1n) is 7.88. The maximum Gasteiger partial charge on any atom is 0.341 e. The molecule has 0 spiro atoms. The van der Waals surface area contributed by atoms with Crippen molar-refractivity contribution < 1.29 is 37.4 Å². The van der Waals surface area contributed by atoms with Gasteiger partial charge in [0.15, 0.2) is 23.3 Å². The fraction of sp³-hybridized carbons (Fsp3) is 0.222. The number of benzene rings is 2. The second-order valence-electron chi connectivity index (χ2n) is 5.49. The molecule has 0 bridgehead atoms. The Bertz CT molecular complexity index is 897. The van der Waals surface area contributed by atoms with Gasteiger partial charge >= 0.3 is 5.97 Å². The van der Waals surface area contributed by atoms with Gasteiger partial charge in [-0.1, -0.05) is 6.07 Å². The van der Waals surface area contributed by atoms with Crippen molar-refractivity contribution in [2.75, 3.05) is 18.0 Å². The Morgan fingerprint density at radius 3 is 1.85 bits per heavy atom. The summed E-state index contributed by atoms with van der Waals surface area (Å²) in [6.45, 7) is 4.43. The van der Waals surface area contributed by atoms with E-state index >= 15 is 0 Å². The number of hydrogen-bond donors (Lipinski definition) is 2. The topological polar surface area (TPSA) is 77.8 Å². The fourth-order valence-electron chi connectivity index (χ4n) is 2.69. The van der Waals surface area contributed by atoms with E-state index in [0.29, 0.717) is 13.1 Å². The van der Waals surface area contributed by atoms with Crippen molar-refractivity contribution in [2.24, 2.45) is 0 Å². The molecule has 0 aromatic heterocycles. The first-order chi connectivity index (χ1) is 12.7. The number of aromatic hydroxyl groups is 1. The molecule has 2 N–H and O–H groups in total. The van der Waals surface area contributed by atoms with Crippen molar-refractivity contribution in [3.05, 3.63) is 58.2 Å². The number of halogens is 4. The van der Waals surface area contributed by atoms with Gasteiger partial charge in [-0.05, 0) is 26.0 Å². The molecule has 2 aromatic rings. The number of nitrogens with zero attached hydrogens (tertiary/aromatic N) is 1. The summed E-state index contributed by atoms with van der Waals surface area (Å²) in [5, 5.41) is 19.0. The summed E-state index contributed by atoms with van der Waals surface area (Å²) < 4.78 is 56.1. The molecule has 0 aliphatic carbocycles. The van der Waals surface area contributed by atoms with Gasteiger partial charge in [-0.15, -0.1) is 0 Å². The number of phenols is 1. The van der Waals surface area contributed by atoms with E-state index in [1.165, 1.54) is 12.1 Å². The molecule has 0 atom stereocenters. The highest BCUT2D eigenvalue weighted by molar-refractivity contribution is 6.12. The Balaban J connectivity index is 2.70. The summed E-state index contributed by atoms with van der Waals surface area (Å²) in [6, 6.07) is 3.82. The van der Waals surface area contributed by atoms with Crippen molar-refractivity contribution in [1.29, 1.82) is 0 Å². The number of phenolic OH excluding ortho intramolecular Hbond substituents is 1. The van der Waals surface area contributed by atoms with Gasteiger partial charge in [0, 0.05) is 13.1 Å². The molecule has 0 radical (unpaired) electrons. The second kappa shape index (κ2) is 7.65. The highest BCUT2D eigenvalue weighted by Gasteiger charge is 2.33. The van der Waals surface area contributed by atoms with Crippen LogP contribution in [-0.2, 0) is 0 Å². The van der Waals surface area contributed by atoms with Crippen LogP contribution in [0.4, 0.5) is 23.2 Å². The van der Waals surface area contributed by atoms with Gasteiger partial charge in [-0.25, -0.2) is 22.4 Å². The molecule has 2 rings (SSSR count). The van der Waals surface area contributed by atoms with E-state index in [4.69, 9.17) is 5.11 Å². The molecule has 0 saturated heterocycles. The molecule has 2 aromatic carbocycles. The minimum absolute atomic E-state index is 0.190. The predicted octanol–water partition coefficient (Wildman–Crippen LogP) is 3.72. The minimum atomic E-state index is -2.23. The monoisotopic (exact) mass is 385 g/mol. The number of rotatable bonds is 6. The highest BCUT2D eigenvalue weighted by Crippen LogP contribution is 2.34. The zero-order chi connectivity index (χ0) is 20.5. The highest BCUT2D eigenvalue weighted by atomic mass is 19.2. The largest absolute Gasteiger partial charge is 0.505 e. The standard InChI is InChI=1S/C18H15F4NO4/c1-3-23(4-2)9-7-5-6-8(16(9)24)17(25)10-12(19)14(21)11(18(26)27)15(22)13(10)20/h5-7,24H,3-4H2,1-2H3,(H,26,27). The van der Waals surface area contributed by atoms with Crippen molar-refractivity contribution >= 4 is 17.4 Å². The third kappa shape index (κ3) is 3.32. The number of carbonyl (C=O) groups excluding carboxylic acids is 1. The molecule has 0 saturated carbocycles. The van der Waals surface area contributed by atoms with E-state index in [1.807, 2.05) is 0 Å². The lowest BCUT2D eigenvalue weighted by Gasteiger charge is -2.23. The van der Waals surface area contributed by atoms with Gasteiger partial charge in [-0.2, -0.15) is 0 Å². The van der Waals surface area contributed by atoms with E-state index in [1.54, 1.807) is 18.7 Å². The minimum Gasteiger partial charge on any atom is -0.505 e. The summed E-state index contributed by atoms with van der Waals surface area (Å²) >= 11 is 0. The van der Waals surface area contributed by atoms with Crippen LogP contribution < -0.4 is 4.90 Å². The SMILES string of the molecule is CCN(CC)c1cccc(C(=O)c2c(F)c(F)c(C(=O)O)c(F)c2F)c1O. The average molecular weight is 385 g/mol. The number of carboxylic acids is 1. The molecule has 27 heavy (non-hydrogen) atoms. The maximum atomic E-state index is 14.2. The lowest BCUT2D eigenvalue weighted by atomic mass is 9.98. The second-order valence-corrected chi connectivity index (χ2v) is 5.49. The molecule has 9 heteroatoms. The van der Waals surface area contributed by atoms with Crippen LogP contribution in [0.3, 0.4) is 0 Å².